The van der Waals surface area contributed by atoms with Gasteiger partial charge in [0.25, 0.3) is 0 Å². The van der Waals surface area contributed by atoms with Crippen molar-refractivity contribution in [1.29, 1.82) is 0 Å². The lowest BCUT2D eigenvalue weighted by Gasteiger charge is -2.33. The monoisotopic (exact) mass is 226 g/mol. The van der Waals surface area contributed by atoms with Crippen LogP contribution >= 0.6 is 0 Å². The van der Waals surface area contributed by atoms with Crippen molar-refractivity contribution in [1.82, 2.24) is 4.90 Å². The molecule has 0 bridgehead atoms. The average molecular weight is 226 g/mol. The molecule has 96 valence electrons. The molecule has 1 heterocycles. The average Bonchev–Trinajstić information content (AvgIpc) is 2.40. The highest BCUT2D eigenvalue weighted by Crippen LogP contribution is 2.31. The lowest BCUT2D eigenvalue weighted by molar-refractivity contribution is 0.164. The van der Waals surface area contributed by atoms with E-state index in [1.807, 2.05) is 0 Å². The van der Waals surface area contributed by atoms with Gasteiger partial charge < -0.3 is 10.6 Å². The van der Waals surface area contributed by atoms with Crippen LogP contribution < -0.4 is 5.73 Å². The summed E-state index contributed by atoms with van der Waals surface area (Å²) in [6.07, 6.45) is 5.23. The van der Waals surface area contributed by atoms with Crippen molar-refractivity contribution in [2.45, 2.75) is 53.4 Å². The highest BCUT2D eigenvalue weighted by atomic mass is 15.1. The quantitative estimate of drug-likeness (QED) is 0.798. The summed E-state index contributed by atoms with van der Waals surface area (Å²) in [5.74, 6) is 0. The maximum atomic E-state index is 5.90. The van der Waals surface area contributed by atoms with Crippen LogP contribution in [0.4, 0.5) is 0 Å². The first-order chi connectivity index (χ1) is 7.41. The predicted molar refractivity (Wildman–Crippen MR) is 71.5 cm³/mol. The third-order valence-electron chi connectivity index (χ3n) is 4.38. The molecule has 1 aliphatic heterocycles. The first-order valence-electron chi connectivity index (χ1n) is 6.83. The molecule has 0 aliphatic carbocycles. The van der Waals surface area contributed by atoms with Crippen LogP contribution in [-0.2, 0) is 0 Å². The molecule has 16 heavy (non-hydrogen) atoms. The number of nitrogens with two attached hydrogens (primary N) is 1. The van der Waals surface area contributed by atoms with Gasteiger partial charge >= 0.3 is 0 Å². The zero-order chi connectivity index (χ0) is 12.2. The molecule has 1 unspecified atom stereocenters. The topological polar surface area (TPSA) is 29.3 Å². The molecule has 2 heteroatoms. The van der Waals surface area contributed by atoms with Gasteiger partial charge in [-0.1, -0.05) is 27.7 Å². The second-order valence-corrected chi connectivity index (χ2v) is 6.66. The van der Waals surface area contributed by atoms with Crippen molar-refractivity contribution >= 4 is 0 Å². The van der Waals surface area contributed by atoms with Crippen LogP contribution in [0.15, 0.2) is 0 Å². The molecular weight excluding hydrogens is 196 g/mol. The van der Waals surface area contributed by atoms with Crippen molar-refractivity contribution in [2.24, 2.45) is 16.6 Å². The van der Waals surface area contributed by atoms with E-state index in [0.29, 0.717) is 10.8 Å². The summed E-state index contributed by atoms with van der Waals surface area (Å²) in [7, 11) is 0. The Balaban J connectivity index is 2.49. The molecule has 1 fully saturated rings. The van der Waals surface area contributed by atoms with E-state index in [4.69, 9.17) is 5.73 Å². The molecule has 1 atom stereocenters. The van der Waals surface area contributed by atoms with Gasteiger partial charge in [0, 0.05) is 6.54 Å². The number of rotatable bonds is 4. The SMILES string of the molecule is CCC(C)(CN)CN1CCCC(C)(C)CC1. The molecule has 0 spiro atoms. The Morgan fingerprint density at radius 3 is 2.50 bits per heavy atom. The molecule has 0 aromatic carbocycles. The predicted octanol–water partition coefficient (Wildman–Crippen LogP) is 2.87. The van der Waals surface area contributed by atoms with Crippen LogP contribution in [0.2, 0.25) is 0 Å². The van der Waals surface area contributed by atoms with E-state index in [2.05, 4.69) is 32.6 Å². The first kappa shape index (κ1) is 14.0. The Morgan fingerprint density at radius 2 is 1.94 bits per heavy atom. The lowest BCUT2D eigenvalue weighted by atomic mass is 9.85. The van der Waals surface area contributed by atoms with Gasteiger partial charge in [-0.05, 0) is 56.1 Å². The number of likely N-dealkylation sites (tertiary alicyclic amines) is 1. The number of nitrogens with zero attached hydrogens (tertiary/aromatic N) is 1. The minimum Gasteiger partial charge on any atom is -0.330 e. The fraction of sp³-hybridized carbons (Fsp3) is 1.00. The van der Waals surface area contributed by atoms with E-state index >= 15 is 0 Å². The summed E-state index contributed by atoms with van der Waals surface area (Å²) in [5, 5.41) is 0. The zero-order valence-electron chi connectivity index (χ0n) is 11.7. The summed E-state index contributed by atoms with van der Waals surface area (Å²) in [6, 6.07) is 0. The fourth-order valence-corrected chi connectivity index (χ4v) is 2.50. The molecule has 0 saturated carbocycles. The molecule has 1 saturated heterocycles. The second kappa shape index (κ2) is 5.50. The van der Waals surface area contributed by atoms with Crippen molar-refractivity contribution < 1.29 is 0 Å². The van der Waals surface area contributed by atoms with E-state index in [1.165, 1.54) is 45.3 Å². The van der Waals surface area contributed by atoms with Crippen molar-refractivity contribution in [3.63, 3.8) is 0 Å². The summed E-state index contributed by atoms with van der Waals surface area (Å²) < 4.78 is 0. The third kappa shape index (κ3) is 4.06. The van der Waals surface area contributed by atoms with Crippen LogP contribution in [0.1, 0.15) is 53.4 Å². The highest BCUT2D eigenvalue weighted by Gasteiger charge is 2.27. The Morgan fingerprint density at radius 1 is 1.25 bits per heavy atom. The number of hydrogen-bond acceptors (Lipinski definition) is 2. The normalized spacial score (nSPS) is 26.1. The van der Waals surface area contributed by atoms with Gasteiger partial charge in [-0.15, -0.1) is 0 Å². The molecule has 0 amide bonds. The molecule has 0 aromatic rings. The smallest absolute Gasteiger partial charge is 0.00473 e. The van der Waals surface area contributed by atoms with Gasteiger partial charge in [-0.2, -0.15) is 0 Å². The molecule has 1 rings (SSSR count). The van der Waals surface area contributed by atoms with Gasteiger partial charge in [0.2, 0.25) is 0 Å². The minimum absolute atomic E-state index is 0.314. The maximum absolute atomic E-state index is 5.90. The van der Waals surface area contributed by atoms with Crippen LogP contribution in [0, 0.1) is 10.8 Å². The standard InChI is InChI=1S/C14H30N2/c1-5-14(4,11-15)12-16-9-6-7-13(2,3)8-10-16/h5-12,15H2,1-4H3. The van der Waals surface area contributed by atoms with Crippen molar-refractivity contribution in [3.05, 3.63) is 0 Å². The van der Waals surface area contributed by atoms with E-state index in [0.717, 1.165) is 6.54 Å². The molecule has 0 radical (unpaired) electrons. The Labute approximate surface area is 102 Å². The van der Waals surface area contributed by atoms with Gasteiger partial charge in [0.1, 0.15) is 0 Å². The van der Waals surface area contributed by atoms with Gasteiger partial charge in [-0.25, -0.2) is 0 Å². The van der Waals surface area contributed by atoms with E-state index < -0.39 is 0 Å². The molecule has 2 nitrogen and oxygen atoms in total. The lowest BCUT2D eigenvalue weighted by Crippen LogP contribution is -2.41. The van der Waals surface area contributed by atoms with Crippen LogP contribution in [0.25, 0.3) is 0 Å². The molecular formula is C14H30N2. The summed E-state index contributed by atoms with van der Waals surface area (Å²) >= 11 is 0. The molecule has 1 aliphatic rings. The van der Waals surface area contributed by atoms with Crippen LogP contribution in [0.5, 0.6) is 0 Å². The summed E-state index contributed by atoms with van der Waals surface area (Å²) in [4.78, 5) is 2.63. The first-order valence-corrected chi connectivity index (χ1v) is 6.83. The van der Waals surface area contributed by atoms with Gasteiger partial charge in [0.15, 0.2) is 0 Å². The van der Waals surface area contributed by atoms with E-state index in [-0.39, 0.29) is 0 Å². The largest absolute Gasteiger partial charge is 0.330 e. The zero-order valence-corrected chi connectivity index (χ0v) is 11.7. The highest BCUT2D eigenvalue weighted by molar-refractivity contribution is 4.82. The Bertz CT molecular complexity index is 207. The van der Waals surface area contributed by atoms with E-state index in [9.17, 15) is 0 Å². The van der Waals surface area contributed by atoms with Gasteiger partial charge in [0.05, 0.1) is 0 Å². The van der Waals surface area contributed by atoms with Gasteiger partial charge in [-0.3, -0.25) is 0 Å². The van der Waals surface area contributed by atoms with Crippen LogP contribution in [0.3, 0.4) is 0 Å². The van der Waals surface area contributed by atoms with E-state index in [1.54, 1.807) is 0 Å². The number of hydrogen-bond donors (Lipinski definition) is 1. The molecule has 0 aromatic heterocycles. The molecule has 2 N–H and O–H groups in total. The van der Waals surface area contributed by atoms with Crippen molar-refractivity contribution in [3.8, 4) is 0 Å². The second-order valence-electron chi connectivity index (χ2n) is 6.66. The Kier molecular flexibility index (Phi) is 4.81. The van der Waals surface area contributed by atoms with Crippen LogP contribution in [-0.4, -0.2) is 31.1 Å². The summed E-state index contributed by atoms with van der Waals surface area (Å²) in [6.45, 7) is 13.9. The van der Waals surface area contributed by atoms with Crippen molar-refractivity contribution in [2.75, 3.05) is 26.2 Å². The maximum Gasteiger partial charge on any atom is 0.00473 e. The third-order valence-corrected chi connectivity index (χ3v) is 4.38. The summed E-state index contributed by atoms with van der Waals surface area (Å²) in [5.41, 5.74) is 6.76. The minimum atomic E-state index is 0.314. The Hall–Kier alpha value is -0.0800. The fourth-order valence-electron chi connectivity index (χ4n) is 2.50.